The number of allylic oxidation sites excluding steroid dienone is 2. The van der Waals surface area contributed by atoms with E-state index in [0.29, 0.717) is 12.8 Å². The van der Waals surface area contributed by atoms with E-state index < -0.39 is 0 Å². The third kappa shape index (κ3) is 4.04. The number of benzene rings is 3. The molecule has 1 heterocycles. The number of thioether (sulfide) groups is 1. The van der Waals surface area contributed by atoms with Crippen molar-refractivity contribution in [1.29, 1.82) is 0 Å². The van der Waals surface area contributed by atoms with Gasteiger partial charge in [-0.1, -0.05) is 72.8 Å². The summed E-state index contributed by atoms with van der Waals surface area (Å²) >= 11 is 1.66. The zero-order valence-electron chi connectivity index (χ0n) is 15.3. The monoisotopic (exact) mass is 371 g/mol. The number of carbonyl (C=O) groups excluding carboxylic acids is 1. The molecule has 0 saturated carbocycles. The second-order valence-corrected chi connectivity index (χ2v) is 7.81. The van der Waals surface area contributed by atoms with Gasteiger partial charge in [0.25, 0.3) is 0 Å². The second kappa shape index (κ2) is 7.93. The quantitative estimate of drug-likeness (QED) is 0.566. The van der Waals surface area contributed by atoms with Crippen LogP contribution in [0.15, 0.2) is 89.1 Å². The highest BCUT2D eigenvalue weighted by molar-refractivity contribution is 8.13. The molecule has 1 aliphatic heterocycles. The van der Waals surface area contributed by atoms with Crippen LogP contribution in [0, 0.1) is 0 Å². The molecule has 3 aromatic carbocycles. The Labute approximate surface area is 164 Å². The predicted molar refractivity (Wildman–Crippen MR) is 115 cm³/mol. The van der Waals surface area contributed by atoms with Crippen molar-refractivity contribution in [3.63, 3.8) is 0 Å². The molecule has 0 radical (unpaired) electrons. The van der Waals surface area contributed by atoms with Gasteiger partial charge in [0, 0.05) is 23.4 Å². The van der Waals surface area contributed by atoms with Gasteiger partial charge in [-0.3, -0.25) is 9.79 Å². The van der Waals surface area contributed by atoms with E-state index in [1.807, 2.05) is 37.3 Å². The van der Waals surface area contributed by atoms with Gasteiger partial charge in [-0.25, -0.2) is 0 Å². The Morgan fingerprint density at radius 3 is 2.48 bits per heavy atom. The van der Waals surface area contributed by atoms with Crippen molar-refractivity contribution in [3.05, 3.63) is 95.2 Å². The number of ketones is 1. The van der Waals surface area contributed by atoms with Gasteiger partial charge >= 0.3 is 0 Å². The molecule has 0 N–H and O–H groups in total. The number of fused-ring (bicyclic) bond motifs is 1. The van der Waals surface area contributed by atoms with Crippen molar-refractivity contribution in [2.24, 2.45) is 4.99 Å². The summed E-state index contributed by atoms with van der Waals surface area (Å²) in [5.41, 5.74) is 4.14. The number of carbonyl (C=O) groups is 1. The molecule has 0 bridgehead atoms. The number of hydrogen-bond donors (Lipinski definition) is 0. The van der Waals surface area contributed by atoms with Gasteiger partial charge in [0.2, 0.25) is 0 Å². The van der Waals surface area contributed by atoms with Gasteiger partial charge in [-0.2, -0.15) is 0 Å². The maximum Gasteiger partial charge on any atom is 0.167 e. The fourth-order valence-electron chi connectivity index (χ4n) is 3.43. The highest BCUT2D eigenvalue weighted by Gasteiger charge is 2.22. The normalized spacial score (nSPS) is 14.6. The summed E-state index contributed by atoms with van der Waals surface area (Å²) in [6, 6.07) is 24.9. The molecule has 0 amide bonds. The minimum atomic E-state index is 0.200. The summed E-state index contributed by atoms with van der Waals surface area (Å²) in [4.78, 5) is 17.6. The van der Waals surface area contributed by atoms with Gasteiger partial charge < -0.3 is 0 Å². The van der Waals surface area contributed by atoms with Crippen LogP contribution in [0.3, 0.4) is 0 Å². The fourth-order valence-corrected chi connectivity index (χ4v) is 4.39. The molecule has 134 valence electrons. The van der Waals surface area contributed by atoms with Crippen LogP contribution in [0.4, 0.5) is 0 Å². The molecule has 0 unspecified atom stereocenters. The van der Waals surface area contributed by atoms with Crippen LogP contribution in [-0.2, 0) is 17.0 Å². The second-order valence-electron chi connectivity index (χ2n) is 6.76. The number of nitrogens with zero attached hydrogens (tertiary/aromatic N) is 1. The highest BCUT2D eigenvalue weighted by Crippen LogP contribution is 2.28. The third-order valence-electron chi connectivity index (χ3n) is 4.87. The van der Waals surface area contributed by atoms with Gasteiger partial charge in [0.05, 0.1) is 11.5 Å². The van der Waals surface area contributed by atoms with E-state index in [4.69, 9.17) is 4.99 Å². The standard InChI is InChI=1S/C24H21NOS/c1-17-22(14-20-12-7-11-19-10-5-6-13-21(19)20)23(26)15-24(25-17)27-16-18-8-3-2-4-9-18/h2-13H,14-16H2,1H3. The summed E-state index contributed by atoms with van der Waals surface area (Å²) < 4.78 is 0. The van der Waals surface area contributed by atoms with Crippen LogP contribution in [0.25, 0.3) is 10.8 Å². The lowest BCUT2D eigenvalue weighted by Crippen LogP contribution is -2.16. The molecule has 0 fully saturated rings. The Morgan fingerprint density at radius 1 is 0.926 bits per heavy atom. The molecule has 0 atom stereocenters. The number of hydrogen-bond acceptors (Lipinski definition) is 3. The van der Waals surface area contributed by atoms with E-state index in [9.17, 15) is 4.79 Å². The first-order valence-corrected chi connectivity index (χ1v) is 10.1. The Morgan fingerprint density at radius 2 is 1.67 bits per heavy atom. The van der Waals surface area contributed by atoms with Crippen LogP contribution in [0.1, 0.15) is 24.5 Å². The number of Topliss-reactive ketones (excluding diaryl/α,β-unsaturated/α-hetero) is 1. The van der Waals surface area contributed by atoms with Crippen LogP contribution >= 0.6 is 11.8 Å². The average Bonchev–Trinajstić information content (AvgIpc) is 2.70. The maximum atomic E-state index is 12.8. The van der Waals surface area contributed by atoms with Crippen LogP contribution < -0.4 is 0 Å². The molecule has 2 nitrogen and oxygen atoms in total. The highest BCUT2D eigenvalue weighted by atomic mass is 32.2. The van der Waals surface area contributed by atoms with Crippen molar-refractivity contribution in [2.75, 3.05) is 0 Å². The van der Waals surface area contributed by atoms with E-state index in [1.165, 1.54) is 21.9 Å². The molecule has 3 heteroatoms. The third-order valence-corrected chi connectivity index (χ3v) is 5.92. The summed E-state index contributed by atoms with van der Waals surface area (Å²) in [5.74, 6) is 1.05. The molecular weight excluding hydrogens is 350 g/mol. The van der Waals surface area contributed by atoms with Crippen LogP contribution in [-0.4, -0.2) is 10.8 Å². The Balaban J connectivity index is 1.55. The molecule has 0 spiro atoms. The van der Waals surface area contributed by atoms with E-state index in [-0.39, 0.29) is 5.78 Å². The average molecular weight is 372 g/mol. The molecule has 0 aromatic heterocycles. The Hall–Kier alpha value is -2.65. The summed E-state index contributed by atoms with van der Waals surface area (Å²) in [5, 5.41) is 3.34. The number of aliphatic imine (C=N–C) groups is 1. The van der Waals surface area contributed by atoms with E-state index >= 15 is 0 Å². The number of rotatable bonds is 4. The first-order valence-electron chi connectivity index (χ1n) is 9.14. The fraction of sp³-hybridized carbons (Fsp3) is 0.167. The molecule has 0 saturated heterocycles. The molecule has 0 aliphatic carbocycles. The van der Waals surface area contributed by atoms with E-state index in [1.54, 1.807) is 11.8 Å². The molecule has 4 rings (SSSR count). The maximum absolute atomic E-state index is 12.8. The van der Waals surface area contributed by atoms with Crippen molar-refractivity contribution in [1.82, 2.24) is 0 Å². The Kier molecular flexibility index (Phi) is 5.21. The van der Waals surface area contributed by atoms with Crippen molar-refractivity contribution in [3.8, 4) is 0 Å². The zero-order valence-corrected chi connectivity index (χ0v) is 16.1. The first kappa shape index (κ1) is 17.7. The van der Waals surface area contributed by atoms with Gasteiger partial charge in [0.15, 0.2) is 5.78 Å². The van der Waals surface area contributed by atoms with Crippen molar-refractivity contribution < 1.29 is 4.79 Å². The van der Waals surface area contributed by atoms with E-state index in [0.717, 1.165) is 22.1 Å². The lowest BCUT2D eigenvalue weighted by Gasteiger charge is -2.17. The van der Waals surface area contributed by atoms with Crippen LogP contribution in [0.2, 0.25) is 0 Å². The molecule has 1 aliphatic rings. The van der Waals surface area contributed by atoms with Gasteiger partial charge in [-0.15, -0.1) is 11.8 Å². The van der Waals surface area contributed by atoms with Crippen LogP contribution in [0.5, 0.6) is 0 Å². The lowest BCUT2D eigenvalue weighted by molar-refractivity contribution is -0.114. The minimum Gasteiger partial charge on any atom is -0.294 e. The molecule has 27 heavy (non-hydrogen) atoms. The topological polar surface area (TPSA) is 29.4 Å². The van der Waals surface area contributed by atoms with Crippen molar-refractivity contribution >= 4 is 33.4 Å². The predicted octanol–water partition coefficient (Wildman–Crippen LogP) is 5.96. The molecule has 3 aromatic rings. The van der Waals surface area contributed by atoms with Crippen molar-refractivity contribution in [2.45, 2.75) is 25.5 Å². The SMILES string of the molecule is CC1=C(Cc2cccc3ccccc23)C(=O)CC(SCc2ccccc2)=N1. The van der Waals surface area contributed by atoms with E-state index in [2.05, 4.69) is 42.5 Å². The smallest absolute Gasteiger partial charge is 0.167 e. The Bertz CT molecular complexity index is 1040. The van der Waals surface area contributed by atoms with Gasteiger partial charge in [-0.05, 0) is 28.8 Å². The largest absolute Gasteiger partial charge is 0.294 e. The van der Waals surface area contributed by atoms with Gasteiger partial charge in [0.1, 0.15) is 0 Å². The zero-order chi connectivity index (χ0) is 18.6. The first-order chi connectivity index (χ1) is 13.2. The lowest BCUT2D eigenvalue weighted by atomic mass is 9.93. The summed E-state index contributed by atoms with van der Waals surface area (Å²) in [6.07, 6.45) is 1.06. The minimum absolute atomic E-state index is 0.200. The summed E-state index contributed by atoms with van der Waals surface area (Å²) in [6.45, 7) is 1.96. The summed E-state index contributed by atoms with van der Waals surface area (Å²) in [7, 11) is 0. The molecular formula is C24H21NOS.